The molecule has 0 bridgehead atoms. The van der Waals surface area contributed by atoms with Gasteiger partial charge in [-0.25, -0.2) is 22.6 Å². The highest BCUT2D eigenvalue weighted by molar-refractivity contribution is 7.89. The van der Waals surface area contributed by atoms with Gasteiger partial charge in [0.1, 0.15) is 4.90 Å². The number of rotatable bonds is 8. The molecule has 0 unspecified atom stereocenters. The maximum Gasteiger partial charge on any atom is 0.338 e. The molecule has 1 aromatic carbocycles. The van der Waals surface area contributed by atoms with E-state index in [0.717, 1.165) is 25.7 Å². The van der Waals surface area contributed by atoms with E-state index in [1.165, 1.54) is 13.1 Å². The zero-order valence-corrected chi connectivity index (χ0v) is 21.9. The van der Waals surface area contributed by atoms with Gasteiger partial charge in [-0.2, -0.15) is 5.10 Å². The topological polar surface area (TPSA) is 129 Å². The van der Waals surface area contributed by atoms with Crippen LogP contribution in [0.4, 0.5) is 0 Å². The van der Waals surface area contributed by atoms with E-state index in [-0.39, 0.29) is 34.1 Å². The van der Waals surface area contributed by atoms with Gasteiger partial charge >= 0.3 is 5.97 Å². The molecule has 0 aliphatic carbocycles. The van der Waals surface area contributed by atoms with Crippen LogP contribution in [0.1, 0.15) is 71.6 Å². The summed E-state index contributed by atoms with van der Waals surface area (Å²) in [5.41, 5.74) is 1.99. The molecule has 2 aromatic rings. The molecule has 1 spiro atoms. The number of benzene rings is 1. The van der Waals surface area contributed by atoms with Crippen molar-refractivity contribution in [3.63, 3.8) is 0 Å². The fourth-order valence-electron chi connectivity index (χ4n) is 4.84. The lowest BCUT2D eigenvalue weighted by Gasteiger charge is -2.36. The van der Waals surface area contributed by atoms with Crippen molar-refractivity contribution in [2.75, 3.05) is 33.4 Å². The minimum absolute atomic E-state index is 0.103. The second-order valence-corrected chi connectivity index (χ2v) is 11.2. The Labute approximate surface area is 211 Å². The smallest absolute Gasteiger partial charge is 0.338 e. The van der Waals surface area contributed by atoms with E-state index in [1.807, 2.05) is 13.8 Å². The Bertz CT molecular complexity index is 1250. The third-order valence-electron chi connectivity index (χ3n) is 7.05. The van der Waals surface area contributed by atoms with Gasteiger partial charge in [-0.05, 0) is 62.8 Å². The number of aryl methyl sites for hydroxylation is 1. The fraction of sp³-hybridized carbons (Fsp3) is 0.560. The van der Waals surface area contributed by atoms with Gasteiger partial charge in [0, 0.05) is 19.8 Å². The van der Waals surface area contributed by atoms with Gasteiger partial charge in [0.05, 0.1) is 34.8 Å². The van der Waals surface area contributed by atoms with Gasteiger partial charge < -0.3 is 14.8 Å². The molecule has 10 nitrogen and oxygen atoms in total. The highest BCUT2D eigenvalue weighted by Gasteiger charge is 2.40. The van der Waals surface area contributed by atoms with E-state index in [0.29, 0.717) is 49.6 Å². The molecule has 11 heteroatoms. The Morgan fingerprint density at radius 3 is 2.69 bits per heavy atom. The van der Waals surface area contributed by atoms with Crippen molar-refractivity contribution in [1.29, 1.82) is 0 Å². The number of carbonyl (C=O) groups is 2. The van der Waals surface area contributed by atoms with Crippen molar-refractivity contribution < 1.29 is 27.5 Å². The van der Waals surface area contributed by atoms with Crippen LogP contribution in [0.15, 0.2) is 23.1 Å². The molecule has 36 heavy (non-hydrogen) atoms. The average molecular weight is 519 g/mol. The number of nitrogens with one attached hydrogen (secondary N) is 2. The first-order chi connectivity index (χ1) is 17.2. The zero-order valence-electron chi connectivity index (χ0n) is 21.1. The number of hydrogen-bond acceptors (Lipinski definition) is 7. The third-order valence-corrected chi connectivity index (χ3v) is 8.49. The molecule has 1 aromatic heterocycles. The Morgan fingerprint density at radius 2 is 2.03 bits per heavy atom. The first kappa shape index (κ1) is 26.3. The molecule has 1 amide bonds. The fourth-order valence-corrected chi connectivity index (χ4v) is 5.77. The minimum Gasteiger partial charge on any atom is -0.462 e. The number of sulfonamides is 1. The van der Waals surface area contributed by atoms with Gasteiger partial charge in [-0.1, -0.05) is 20.3 Å². The lowest BCUT2D eigenvalue weighted by Crippen LogP contribution is -2.40. The lowest BCUT2D eigenvalue weighted by molar-refractivity contribution is 0.0155. The van der Waals surface area contributed by atoms with Crippen molar-refractivity contribution in [3.05, 3.63) is 40.7 Å². The SMILES string of the molecule is CCCCOC(=O)c1ccc(-n2nc(CC)c3c2CC2(CCOCC2)CNC3=O)c(S(=O)(=O)NC)c1. The molecule has 0 atom stereocenters. The first-order valence-corrected chi connectivity index (χ1v) is 14.0. The van der Waals surface area contributed by atoms with Crippen molar-refractivity contribution in [2.45, 2.75) is 57.3 Å². The van der Waals surface area contributed by atoms with Crippen LogP contribution in [0.5, 0.6) is 0 Å². The summed E-state index contributed by atoms with van der Waals surface area (Å²) in [4.78, 5) is 25.7. The summed E-state index contributed by atoms with van der Waals surface area (Å²) >= 11 is 0. The van der Waals surface area contributed by atoms with E-state index in [9.17, 15) is 18.0 Å². The summed E-state index contributed by atoms with van der Waals surface area (Å²) < 4.78 is 41.0. The van der Waals surface area contributed by atoms with Crippen molar-refractivity contribution in [1.82, 2.24) is 19.8 Å². The highest BCUT2D eigenvalue weighted by Crippen LogP contribution is 2.38. The molecule has 2 aliphatic heterocycles. The van der Waals surface area contributed by atoms with Crippen LogP contribution in [0.25, 0.3) is 5.69 Å². The van der Waals surface area contributed by atoms with Crippen LogP contribution in [0, 0.1) is 5.41 Å². The van der Waals surface area contributed by atoms with Crippen LogP contribution in [0.2, 0.25) is 0 Å². The number of esters is 1. The largest absolute Gasteiger partial charge is 0.462 e. The molecular formula is C25H34N4O6S. The number of carbonyl (C=O) groups excluding carboxylic acids is 2. The van der Waals surface area contributed by atoms with Crippen LogP contribution < -0.4 is 10.0 Å². The molecule has 2 N–H and O–H groups in total. The summed E-state index contributed by atoms with van der Waals surface area (Å²) in [6.07, 6.45) is 4.22. The number of nitrogens with zero attached hydrogens (tertiary/aromatic N) is 2. The molecule has 2 aliphatic rings. The number of ether oxygens (including phenoxy) is 2. The Morgan fingerprint density at radius 1 is 1.28 bits per heavy atom. The number of amides is 1. The van der Waals surface area contributed by atoms with Crippen LogP contribution in [-0.4, -0.2) is 63.5 Å². The Hall–Kier alpha value is -2.76. The molecule has 4 rings (SSSR count). The predicted octanol–water partition coefficient (Wildman–Crippen LogP) is 2.38. The number of aromatic nitrogens is 2. The van der Waals surface area contributed by atoms with E-state index >= 15 is 0 Å². The standard InChI is InChI=1S/C25H34N4O6S/c1-4-6-11-35-24(31)17-7-8-19(21(14-17)36(32,33)26-3)29-20-15-25(9-12-34-13-10-25)16-27-23(30)22(20)18(5-2)28-29/h7-8,14,26H,4-6,9-13,15-16H2,1-3H3,(H,27,30). The molecule has 1 saturated heterocycles. The third kappa shape index (κ3) is 5.05. The van der Waals surface area contributed by atoms with Gasteiger partial charge in [-0.3, -0.25) is 4.79 Å². The zero-order chi connectivity index (χ0) is 25.9. The molecule has 1 fully saturated rings. The summed E-state index contributed by atoms with van der Waals surface area (Å²) in [7, 11) is -2.66. The van der Waals surface area contributed by atoms with Gasteiger partial charge in [0.2, 0.25) is 10.0 Å². The van der Waals surface area contributed by atoms with E-state index in [2.05, 4.69) is 10.0 Å². The van der Waals surface area contributed by atoms with E-state index in [1.54, 1.807) is 16.8 Å². The van der Waals surface area contributed by atoms with Gasteiger partial charge in [-0.15, -0.1) is 0 Å². The highest BCUT2D eigenvalue weighted by atomic mass is 32.2. The van der Waals surface area contributed by atoms with E-state index < -0.39 is 16.0 Å². The summed E-state index contributed by atoms with van der Waals surface area (Å²) in [5.74, 6) is -0.790. The Balaban J connectivity index is 1.86. The second kappa shape index (κ2) is 10.7. The van der Waals surface area contributed by atoms with Crippen LogP contribution in [-0.2, 0) is 32.3 Å². The second-order valence-electron chi connectivity index (χ2n) is 9.39. The van der Waals surface area contributed by atoms with Gasteiger partial charge in [0.25, 0.3) is 5.91 Å². The summed E-state index contributed by atoms with van der Waals surface area (Å²) in [6.45, 7) is 5.90. The minimum atomic E-state index is -3.98. The quantitative estimate of drug-likeness (QED) is 0.406. The monoisotopic (exact) mass is 518 g/mol. The number of unbranched alkanes of at least 4 members (excludes halogenated alkanes) is 1. The van der Waals surface area contributed by atoms with Crippen molar-refractivity contribution >= 4 is 21.9 Å². The molecule has 196 valence electrons. The normalized spacial score (nSPS) is 17.4. The molecular weight excluding hydrogens is 484 g/mol. The van der Waals surface area contributed by atoms with Crippen LogP contribution in [0.3, 0.4) is 0 Å². The van der Waals surface area contributed by atoms with Crippen LogP contribution >= 0.6 is 0 Å². The van der Waals surface area contributed by atoms with Gasteiger partial charge in [0.15, 0.2) is 0 Å². The average Bonchev–Trinajstić information content (AvgIpc) is 3.18. The molecule has 0 radical (unpaired) electrons. The summed E-state index contributed by atoms with van der Waals surface area (Å²) in [5, 5.41) is 7.78. The Kier molecular flexibility index (Phi) is 7.82. The number of fused-ring (bicyclic) bond motifs is 1. The van der Waals surface area contributed by atoms with Crippen molar-refractivity contribution in [3.8, 4) is 5.69 Å². The summed E-state index contributed by atoms with van der Waals surface area (Å²) in [6, 6.07) is 4.42. The van der Waals surface area contributed by atoms with Crippen molar-refractivity contribution in [2.24, 2.45) is 5.41 Å². The molecule has 3 heterocycles. The molecule has 0 saturated carbocycles. The van der Waals surface area contributed by atoms with E-state index in [4.69, 9.17) is 14.6 Å². The maximum atomic E-state index is 13.2. The predicted molar refractivity (Wildman–Crippen MR) is 133 cm³/mol. The maximum absolute atomic E-state index is 13.2. The lowest BCUT2D eigenvalue weighted by atomic mass is 9.76. The first-order valence-electron chi connectivity index (χ1n) is 12.5. The number of hydrogen-bond donors (Lipinski definition) is 2.